The van der Waals surface area contributed by atoms with Crippen molar-refractivity contribution in [3.8, 4) is 12.3 Å². The van der Waals surface area contributed by atoms with Gasteiger partial charge in [0, 0.05) is 38.3 Å². The zero-order chi connectivity index (χ0) is 21.3. The summed E-state index contributed by atoms with van der Waals surface area (Å²) in [5.41, 5.74) is 0.539. The van der Waals surface area contributed by atoms with Gasteiger partial charge in [-0.25, -0.2) is 4.79 Å². The van der Waals surface area contributed by atoms with Crippen LogP contribution in [-0.4, -0.2) is 54.7 Å². The summed E-state index contributed by atoms with van der Waals surface area (Å²) in [6.45, 7) is 5.91. The van der Waals surface area contributed by atoms with Crippen molar-refractivity contribution in [3.63, 3.8) is 0 Å². The van der Waals surface area contributed by atoms with Crippen LogP contribution < -0.4 is 5.46 Å². The van der Waals surface area contributed by atoms with E-state index in [0.717, 1.165) is 0 Å². The molecule has 1 heterocycles. The first-order chi connectivity index (χ1) is 12.8. The van der Waals surface area contributed by atoms with Crippen molar-refractivity contribution in [2.75, 3.05) is 26.2 Å². The Morgan fingerprint density at radius 2 is 1.75 bits per heavy atom. The number of hydrogen-bond acceptors (Lipinski definition) is 3. The Balaban J connectivity index is 2.13. The zero-order valence-corrected chi connectivity index (χ0v) is 17.1. The van der Waals surface area contributed by atoms with Crippen LogP contribution in [0.3, 0.4) is 0 Å². The molecule has 1 aliphatic heterocycles. The van der Waals surface area contributed by atoms with Crippen molar-refractivity contribution >= 4 is 18.5 Å². The van der Waals surface area contributed by atoms with E-state index in [9.17, 15) is 17.7 Å². The van der Waals surface area contributed by atoms with Gasteiger partial charge in [-0.2, -0.15) is 0 Å². The quantitative estimate of drug-likeness (QED) is 0.581. The fourth-order valence-electron chi connectivity index (χ4n) is 3.37. The third-order valence-corrected chi connectivity index (χ3v) is 4.91. The second-order valence-electron chi connectivity index (χ2n) is 8.21. The molecule has 0 N–H and O–H groups in total. The van der Waals surface area contributed by atoms with E-state index in [2.05, 4.69) is 5.92 Å². The molecule has 0 spiro atoms. The van der Waals surface area contributed by atoms with Crippen LogP contribution in [0.1, 0.15) is 43.0 Å². The van der Waals surface area contributed by atoms with Crippen molar-refractivity contribution < 1.29 is 22.5 Å². The van der Waals surface area contributed by atoms with Crippen LogP contribution in [0, 0.1) is 26.2 Å². The molecule has 8 heteroatoms. The molecule has 0 unspecified atom stereocenters. The normalized spacial score (nSPS) is 16.0. The molecule has 0 bridgehead atoms. The average Bonchev–Trinajstić information content (AvgIpc) is 2.55. The number of terminal acetylenes is 1. The van der Waals surface area contributed by atoms with Crippen LogP contribution in [-0.2, 0) is 11.3 Å². The Morgan fingerprint density at radius 1 is 1.18 bits per heavy atom. The van der Waals surface area contributed by atoms with Gasteiger partial charge in [0.2, 0.25) is 0 Å². The largest absolute Gasteiger partial charge is 0.509 e. The maximum absolute atomic E-state index is 13.5. The van der Waals surface area contributed by atoms with Crippen molar-refractivity contribution in [3.05, 3.63) is 28.3 Å². The maximum atomic E-state index is 13.5. The molecular weight excluding hydrogens is 368 g/mol. The first-order valence-corrected chi connectivity index (χ1v) is 9.33. The second kappa shape index (κ2) is 8.08. The molecular formula is C20H27BF3N2O2-. The molecule has 0 aliphatic carbocycles. The number of halogens is 3. The summed E-state index contributed by atoms with van der Waals surface area (Å²) in [5, 5.41) is 0. The number of piperazine rings is 1. The summed E-state index contributed by atoms with van der Waals surface area (Å²) in [6.07, 6.45) is 5.12. The van der Waals surface area contributed by atoms with E-state index in [1.54, 1.807) is 11.8 Å². The third kappa shape index (κ3) is 5.23. The lowest BCUT2D eigenvalue weighted by Crippen LogP contribution is -2.49. The lowest BCUT2D eigenvalue weighted by Gasteiger charge is -2.36. The van der Waals surface area contributed by atoms with Gasteiger partial charge in [0.05, 0.1) is 0 Å². The molecule has 4 nitrogen and oxygen atoms in total. The molecule has 1 aromatic carbocycles. The molecule has 0 saturated carbocycles. The van der Waals surface area contributed by atoms with Gasteiger partial charge >= 0.3 is 13.1 Å². The highest BCUT2D eigenvalue weighted by Gasteiger charge is 2.30. The molecule has 0 aromatic heterocycles. The number of benzene rings is 1. The van der Waals surface area contributed by atoms with Gasteiger partial charge in [0.15, 0.2) is 0 Å². The predicted octanol–water partition coefficient (Wildman–Crippen LogP) is 3.39. The minimum atomic E-state index is -5.14. The standard InChI is InChI=1S/C20H27BF3N2O2/c1-7-17-14(2)16(12-18(15(17)3)21(22,23)24)13-25-8-10-26(11-9-25)19(27)28-20(4,5)6/h1,12H,8-11,13H2,2-6H3/q-1. The number of carbonyl (C=O) groups is 1. The number of nitrogens with zero attached hydrogens (tertiary/aromatic N) is 2. The summed E-state index contributed by atoms with van der Waals surface area (Å²) in [5.74, 6) is 2.42. The number of ether oxygens (including phenoxy) is 1. The van der Waals surface area contributed by atoms with Crippen LogP contribution >= 0.6 is 0 Å². The predicted molar refractivity (Wildman–Crippen MR) is 106 cm³/mol. The van der Waals surface area contributed by atoms with Crippen LogP contribution in [0.4, 0.5) is 17.7 Å². The van der Waals surface area contributed by atoms with E-state index in [1.165, 1.54) is 13.0 Å². The van der Waals surface area contributed by atoms with Crippen molar-refractivity contribution in [2.45, 2.75) is 46.8 Å². The average molecular weight is 395 g/mol. The lowest BCUT2D eigenvalue weighted by atomic mass is 9.74. The fourth-order valence-corrected chi connectivity index (χ4v) is 3.37. The van der Waals surface area contributed by atoms with Crippen LogP contribution in [0.5, 0.6) is 0 Å². The van der Waals surface area contributed by atoms with E-state index < -0.39 is 18.0 Å². The molecule has 1 aliphatic rings. The first kappa shape index (κ1) is 22.2. The van der Waals surface area contributed by atoms with Crippen molar-refractivity contribution in [2.24, 2.45) is 0 Å². The lowest BCUT2D eigenvalue weighted by molar-refractivity contribution is 0.0139. The maximum Gasteiger partial charge on any atom is 0.509 e. The van der Waals surface area contributed by atoms with Crippen molar-refractivity contribution in [1.29, 1.82) is 0 Å². The second-order valence-corrected chi connectivity index (χ2v) is 8.21. The third-order valence-electron chi connectivity index (χ3n) is 4.91. The molecule has 1 amide bonds. The van der Waals surface area contributed by atoms with Gasteiger partial charge in [-0.3, -0.25) is 4.90 Å². The topological polar surface area (TPSA) is 32.8 Å². The Kier molecular flexibility index (Phi) is 6.39. The number of rotatable bonds is 3. The molecule has 0 atom stereocenters. The van der Waals surface area contributed by atoms with Gasteiger partial charge in [-0.15, -0.1) is 11.9 Å². The highest BCUT2D eigenvalue weighted by Crippen LogP contribution is 2.23. The smallest absolute Gasteiger partial charge is 0.445 e. The number of amides is 1. The molecule has 2 rings (SSSR count). The van der Waals surface area contributed by atoms with E-state index in [0.29, 0.717) is 49.4 Å². The van der Waals surface area contributed by atoms with Crippen LogP contribution in [0.25, 0.3) is 0 Å². The Bertz CT molecular complexity index is 787. The minimum Gasteiger partial charge on any atom is -0.445 e. The van der Waals surface area contributed by atoms with Gasteiger partial charge in [0.25, 0.3) is 0 Å². The monoisotopic (exact) mass is 395 g/mol. The summed E-state index contributed by atoms with van der Waals surface area (Å²) >= 11 is 0. The Morgan fingerprint density at radius 3 is 2.21 bits per heavy atom. The molecule has 1 aromatic rings. The SMILES string of the molecule is C#Cc1c(C)c(CN2CCN(C(=O)OC(C)(C)C)CC2)cc([B-](F)(F)F)c1C. The minimum absolute atomic E-state index is 0.117. The number of hydrogen-bond donors (Lipinski definition) is 0. The van der Waals surface area contributed by atoms with Crippen molar-refractivity contribution in [1.82, 2.24) is 9.80 Å². The highest BCUT2D eigenvalue weighted by molar-refractivity contribution is 6.74. The van der Waals surface area contributed by atoms with Crippen LogP contribution in [0.15, 0.2) is 6.07 Å². The van der Waals surface area contributed by atoms with Gasteiger partial charge in [0.1, 0.15) is 5.60 Å². The summed E-state index contributed by atoms with van der Waals surface area (Å²) in [6, 6.07) is 1.23. The van der Waals surface area contributed by atoms with Crippen LogP contribution in [0.2, 0.25) is 0 Å². The Labute approximate surface area is 165 Å². The molecule has 154 valence electrons. The molecule has 28 heavy (non-hydrogen) atoms. The van der Waals surface area contributed by atoms with E-state index >= 15 is 0 Å². The summed E-state index contributed by atoms with van der Waals surface area (Å²) in [4.78, 5) is 15.8. The number of carbonyl (C=O) groups excluding carboxylic acids is 1. The molecule has 1 saturated heterocycles. The fraction of sp³-hybridized carbons (Fsp3) is 0.550. The molecule has 0 radical (unpaired) electrons. The first-order valence-electron chi connectivity index (χ1n) is 9.33. The van der Waals surface area contributed by atoms with Gasteiger partial charge in [-0.05, 0) is 45.7 Å². The molecule has 1 fully saturated rings. The zero-order valence-electron chi connectivity index (χ0n) is 17.1. The highest BCUT2D eigenvalue weighted by atomic mass is 19.4. The van der Waals surface area contributed by atoms with Gasteiger partial charge < -0.3 is 22.6 Å². The van der Waals surface area contributed by atoms with E-state index in [1.807, 2.05) is 25.7 Å². The van der Waals surface area contributed by atoms with E-state index in [4.69, 9.17) is 11.2 Å². The van der Waals surface area contributed by atoms with E-state index in [-0.39, 0.29) is 11.7 Å². The summed E-state index contributed by atoms with van der Waals surface area (Å²) < 4.78 is 45.7. The Hall–Kier alpha value is -2.14. The van der Waals surface area contributed by atoms with Gasteiger partial charge in [-0.1, -0.05) is 17.6 Å². The summed E-state index contributed by atoms with van der Waals surface area (Å²) in [7, 11) is 0.